The minimum Gasteiger partial charge on any atom is -0.491 e. The summed E-state index contributed by atoms with van der Waals surface area (Å²) in [6, 6.07) is 15.9. The molecule has 2 aromatic carbocycles. The summed E-state index contributed by atoms with van der Waals surface area (Å²) in [4.78, 5) is 14.5. The number of carbonyl (C=O) groups is 1. The number of ether oxygens (including phenoxy) is 1. The third-order valence-electron chi connectivity index (χ3n) is 4.76. The summed E-state index contributed by atoms with van der Waals surface area (Å²) in [5, 5.41) is 0. The van der Waals surface area contributed by atoms with Crippen molar-refractivity contribution < 1.29 is 13.9 Å². The van der Waals surface area contributed by atoms with Gasteiger partial charge in [0.2, 0.25) is 5.91 Å². The highest BCUT2D eigenvalue weighted by molar-refractivity contribution is 5.77. The monoisotopic (exact) mass is 356 g/mol. The highest BCUT2D eigenvalue weighted by Crippen LogP contribution is 2.21. The molecule has 0 aromatic heterocycles. The number of halogens is 1. The average molecular weight is 356 g/mol. The van der Waals surface area contributed by atoms with Crippen molar-refractivity contribution in [3.05, 3.63) is 66.0 Å². The molecular weight excluding hydrogens is 331 g/mol. The normalized spacial score (nSPS) is 17.9. The number of hydrogen-bond acceptors (Lipinski definition) is 3. The zero-order chi connectivity index (χ0) is 18.4. The number of carbonyl (C=O) groups excluding carboxylic acids is 1. The van der Waals surface area contributed by atoms with Gasteiger partial charge < -0.3 is 15.4 Å². The van der Waals surface area contributed by atoms with Gasteiger partial charge in [-0.15, -0.1) is 0 Å². The summed E-state index contributed by atoms with van der Waals surface area (Å²) in [6.45, 7) is 1.21. The minimum atomic E-state index is -0.393. The number of para-hydroxylation sites is 1. The van der Waals surface area contributed by atoms with Gasteiger partial charge in [0.05, 0.1) is 6.04 Å². The third kappa shape index (κ3) is 4.82. The lowest BCUT2D eigenvalue weighted by atomic mass is 10.0. The maximum atomic E-state index is 13.7. The molecule has 1 aliphatic rings. The van der Waals surface area contributed by atoms with E-state index in [0.29, 0.717) is 18.6 Å². The molecule has 2 aromatic rings. The molecule has 0 spiro atoms. The largest absolute Gasteiger partial charge is 0.491 e. The number of amides is 1. The molecule has 4 nitrogen and oxygen atoms in total. The van der Waals surface area contributed by atoms with Gasteiger partial charge in [0, 0.05) is 19.0 Å². The van der Waals surface area contributed by atoms with Crippen molar-refractivity contribution in [1.29, 1.82) is 0 Å². The average Bonchev–Trinajstić information content (AvgIpc) is 3.11. The van der Waals surface area contributed by atoms with Crippen LogP contribution in [0.5, 0.6) is 5.75 Å². The Morgan fingerprint density at radius 2 is 1.92 bits per heavy atom. The molecule has 138 valence electrons. The summed E-state index contributed by atoms with van der Waals surface area (Å²) in [6.07, 6.45) is 2.48. The van der Waals surface area contributed by atoms with E-state index in [-0.39, 0.29) is 24.2 Å². The third-order valence-corrected chi connectivity index (χ3v) is 4.76. The van der Waals surface area contributed by atoms with E-state index < -0.39 is 6.04 Å². The van der Waals surface area contributed by atoms with Crippen LogP contribution >= 0.6 is 0 Å². The number of benzene rings is 2. The second kappa shape index (κ2) is 8.81. The lowest BCUT2D eigenvalue weighted by Crippen LogP contribution is -2.42. The van der Waals surface area contributed by atoms with Crippen LogP contribution in [0.4, 0.5) is 4.39 Å². The van der Waals surface area contributed by atoms with Crippen molar-refractivity contribution in [3.63, 3.8) is 0 Å². The first-order valence-electron chi connectivity index (χ1n) is 9.10. The first kappa shape index (κ1) is 18.4. The van der Waals surface area contributed by atoms with Crippen LogP contribution in [0.2, 0.25) is 0 Å². The Kier molecular flexibility index (Phi) is 6.23. The van der Waals surface area contributed by atoms with E-state index in [0.717, 1.165) is 25.1 Å². The zero-order valence-corrected chi connectivity index (χ0v) is 14.8. The number of nitrogens with two attached hydrogens (primary N) is 1. The van der Waals surface area contributed by atoms with Gasteiger partial charge in [-0.25, -0.2) is 4.39 Å². The zero-order valence-electron chi connectivity index (χ0n) is 14.8. The first-order valence-corrected chi connectivity index (χ1v) is 9.10. The van der Waals surface area contributed by atoms with Crippen LogP contribution < -0.4 is 10.5 Å². The first-order chi connectivity index (χ1) is 12.6. The summed E-state index contributed by atoms with van der Waals surface area (Å²) < 4.78 is 19.6. The van der Waals surface area contributed by atoms with Crippen molar-refractivity contribution in [2.45, 2.75) is 37.8 Å². The van der Waals surface area contributed by atoms with E-state index in [1.807, 2.05) is 35.2 Å². The van der Waals surface area contributed by atoms with Gasteiger partial charge >= 0.3 is 0 Å². The number of rotatable bonds is 7. The fourth-order valence-electron chi connectivity index (χ4n) is 3.41. The Balaban J connectivity index is 1.52. The molecule has 0 saturated carbocycles. The maximum absolute atomic E-state index is 13.7. The van der Waals surface area contributed by atoms with Crippen molar-refractivity contribution in [2.24, 2.45) is 5.73 Å². The Bertz CT molecular complexity index is 723. The maximum Gasteiger partial charge on any atom is 0.224 e. The molecule has 1 amide bonds. The summed E-state index contributed by atoms with van der Waals surface area (Å²) >= 11 is 0. The quantitative estimate of drug-likeness (QED) is 0.829. The van der Waals surface area contributed by atoms with Crippen LogP contribution in [0.1, 0.15) is 24.8 Å². The molecule has 2 N–H and O–H groups in total. The predicted octanol–water partition coefficient (Wildman–Crippen LogP) is 3.16. The van der Waals surface area contributed by atoms with Crippen LogP contribution in [0.3, 0.4) is 0 Å². The molecule has 0 aliphatic carbocycles. The van der Waals surface area contributed by atoms with Crippen molar-refractivity contribution >= 4 is 5.91 Å². The molecular formula is C21H25FN2O2. The van der Waals surface area contributed by atoms with E-state index in [1.54, 1.807) is 18.2 Å². The standard InChI is InChI=1S/C21H25FN2O2/c22-20-11-5-4-7-16(20)13-17(23)14-21(25)24-12-6-8-18(24)15-26-19-9-2-1-3-10-19/h1-5,7,9-11,17-18H,6,8,12-15,23H2/t17?,18-/m0/s1. The van der Waals surface area contributed by atoms with E-state index in [1.165, 1.54) is 6.07 Å². The Labute approximate surface area is 153 Å². The van der Waals surface area contributed by atoms with Crippen LogP contribution in [-0.2, 0) is 11.2 Å². The summed E-state index contributed by atoms with van der Waals surface area (Å²) in [7, 11) is 0. The van der Waals surface area contributed by atoms with Crippen molar-refractivity contribution in [2.75, 3.05) is 13.2 Å². The van der Waals surface area contributed by atoms with Crippen molar-refractivity contribution in [3.8, 4) is 5.75 Å². The van der Waals surface area contributed by atoms with Gasteiger partial charge in [-0.1, -0.05) is 36.4 Å². The Morgan fingerprint density at radius 1 is 1.19 bits per heavy atom. The summed E-state index contributed by atoms with van der Waals surface area (Å²) in [5.74, 6) is 0.557. The van der Waals surface area contributed by atoms with Crippen LogP contribution in [0.25, 0.3) is 0 Å². The smallest absolute Gasteiger partial charge is 0.224 e. The lowest BCUT2D eigenvalue weighted by molar-refractivity contribution is -0.132. The molecule has 1 aliphatic heterocycles. The van der Waals surface area contributed by atoms with Gasteiger partial charge in [-0.05, 0) is 43.0 Å². The van der Waals surface area contributed by atoms with Crippen LogP contribution in [0, 0.1) is 5.82 Å². The molecule has 2 atom stereocenters. The van der Waals surface area contributed by atoms with E-state index in [4.69, 9.17) is 10.5 Å². The highest BCUT2D eigenvalue weighted by atomic mass is 19.1. The lowest BCUT2D eigenvalue weighted by Gasteiger charge is -2.26. The van der Waals surface area contributed by atoms with Gasteiger partial charge in [-0.3, -0.25) is 4.79 Å². The van der Waals surface area contributed by atoms with Gasteiger partial charge in [0.1, 0.15) is 18.2 Å². The van der Waals surface area contributed by atoms with E-state index in [2.05, 4.69) is 0 Å². The predicted molar refractivity (Wildman–Crippen MR) is 99.4 cm³/mol. The minimum absolute atomic E-state index is 0.0213. The molecule has 1 fully saturated rings. The topological polar surface area (TPSA) is 55.6 Å². The van der Waals surface area contributed by atoms with Gasteiger partial charge in [0.15, 0.2) is 0 Å². The van der Waals surface area contributed by atoms with Crippen LogP contribution in [0.15, 0.2) is 54.6 Å². The number of likely N-dealkylation sites (tertiary alicyclic amines) is 1. The van der Waals surface area contributed by atoms with E-state index >= 15 is 0 Å². The molecule has 5 heteroatoms. The second-order valence-electron chi connectivity index (χ2n) is 6.77. The van der Waals surface area contributed by atoms with Gasteiger partial charge in [-0.2, -0.15) is 0 Å². The summed E-state index contributed by atoms with van der Waals surface area (Å²) in [5.41, 5.74) is 6.66. The molecule has 0 radical (unpaired) electrons. The fourth-order valence-corrected chi connectivity index (χ4v) is 3.41. The van der Waals surface area contributed by atoms with Crippen LogP contribution in [-0.4, -0.2) is 36.0 Å². The fraction of sp³-hybridized carbons (Fsp3) is 0.381. The van der Waals surface area contributed by atoms with Crippen molar-refractivity contribution in [1.82, 2.24) is 4.90 Å². The van der Waals surface area contributed by atoms with E-state index in [9.17, 15) is 9.18 Å². The number of hydrogen-bond donors (Lipinski definition) is 1. The van der Waals surface area contributed by atoms with Gasteiger partial charge in [0.25, 0.3) is 0 Å². The Morgan fingerprint density at radius 3 is 2.69 bits per heavy atom. The second-order valence-corrected chi connectivity index (χ2v) is 6.77. The number of nitrogens with zero attached hydrogens (tertiary/aromatic N) is 1. The highest BCUT2D eigenvalue weighted by Gasteiger charge is 2.30. The Hall–Kier alpha value is -2.40. The molecule has 1 saturated heterocycles. The molecule has 0 bridgehead atoms. The SMILES string of the molecule is NC(CC(=O)N1CCC[C@H]1COc1ccccc1)Cc1ccccc1F. The molecule has 26 heavy (non-hydrogen) atoms. The molecule has 3 rings (SSSR count). The molecule has 1 heterocycles. The molecule has 1 unspecified atom stereocenters.